The lowest BCUT2D eigenvalue weighted by Gasteiger charge is -2.12. The summed E-state index contributed by atoms with van der Waals surface area (Å²) in [6.07, 6.45) is 1.89. The number of halogens is 1. The maximum absolute atomic E-state index is 12.7. The molecule has 10 heteroatoms. The van der Waals surface area contributed by atoms with Gasteiger partial charge >= 0.3 is 0 Å². The van der Waals surface area contributed by atoms with Crippen LogP contribution in [0.25, 0.3) is 5.69 Å². The van der Waals surface area contributed by atoms with Gasteiger partial charge in [-0.1, -0.05) is 17.8 Å². The number of rotatable bonds is 6. The Balaban J connectivity index is 1.88. The molecule has 1 aromatic heterocycles. The van der Waals surface area contributed by atoms with Crippen molar-refractivity contribution in [3.63, 3.8) is 0 Å². The molecular weight excluding hydrogens is 434 g/mol. The number of hydrogen-bond donors (Lipinski definition) is 1. The van der Waals surface area contributed by atoms with Crippen LogP contribution in [-0.2, 0) is 0 Å². The summed E-state index contributed by atoms with van der Waals surface area (Å²) in [5.41, 5.74) is 1.76. The second-order valence-electron chi connectivity index (χ2n) is 5.28. The lowest BCUT2D eigenvalue weighted by molar-refractivity contribution is 0.102. The van der Waals surface area contributed by atoms with E-state index in [1.165, 1.54) is 26.0 Å². The first kappa shape index (κ1) is 19.2. The highest BCUT2D eigenvalue weighted by Crippen LogP contribution is 2.35. The molecule has 1 heterocycles. The fourth-order valence-corrected chi connectivity index (χ4v) is 3.37. The van der Waals surface area contributed by atoms with Crippen LogP contribution in [-0.4, -0.2) is 46.6 Å². The maximum Gasteiger partial charge on any atom is 0.255 e. The molecule has 3 rings (SSSR count). The number of carbonyl (C=O) groups is 1. The van der Waals surface area contributed by atoms with Gasteiger partial charge in [-0.3, -0.25) is 4.79 Å². The Morgan fingerprint density at radius 1 is 1.19 bits per heavy atom. The van der Waals surface area contributed by atoms with Gasteiger partial charge in [0.2, 0.25) is 5.16 Å². The standard InChI is InChI=1S/C17H16BrN5O3S/c1-25-13-7-10(8-14(26-2)15(13)18)16(24)19-11-5-4-6-12(9-11)23-17(27-3)20-21-22-23/h4-9H,1-3H3,(H,19,24). The van der Waals surface area contributed by atoms with Gasteiger partial charge in [0.1, 0.15) is 16.0 Å². The minimum absolute atomic E-state index is 0.293. The number of methoxy groups -OCH3 is 2. The van der Waals surface area contributed by atoms with Gasteiger partial charge in [-0.05, 0) is 62.9 Å². The van der Waals surface area contributed by atoms with E-state index in [-0.39, 0.29) is 5.91 Å². The van der Waals surface area contributed by atoms with Crippen LogP contribution in [0.4, 0.5) is 5.69 Å². The molecule has 0 radical (unpaired) electrons. The van der Waals surface area contributed by atoms with Crippen molar-refractivity contribution in [3.05, 3.63) is 46.4 Å². The fraction of sp³-hybridized carbons (Fsp3) is 0.176. The van der Waals surface area contributed by atoms with Gasteiger partial charge in [0.25, 0.3) is 5.91 Å². The number of nitrogens with zero attached hydrogens (tertiary/aromatic N) is 4. The van der Waals surface area contributed by atoms with E-state index in [2.05, 4.69) is 36.8 Å². The summed E-state index contributed by atoms with van der Waals surface area (Å²) in [4.78, 5) is 12.7. The number of nitrogens with one attached hydrogen (secondary N) is 1. The minimum Gasteiger partial charge on any atom is -0.495 e. The first-order valence-electron chi connectivity index (χ1n) is 7.73. The number of thioether (sulfide) groups is 1. The molecule has 0 aliphatic heterocycles. The quantitative estimate of drug-likeness (QED) is 0.576. The molecule has 0 spiro atoms. The first-order valence-corrected chi connectivity index (χ1v) is 9.74. The summed E-state index contributed by atoms with van der Waals surface area (Å²) in [6.45, 7) is 0. The number of tetrazole rings is 1. The van der Waals surface area contributed by atoms with Crippen molar-refractivity contribution in [2.45, 2.75) is 5.16 Å². The largest absolute Gasteiger partial charge is 0.495 e. The molecule has 140 valence electrons. The third kappa shape index (κ3) is 4.06. The van der Waals surface area contributed by atoms with Crippen LogP contribution in [0, 0.1) is 0 Å². The Bertz CT molecular complexity index is 954. The number of aromatic nitrogens is 4. The molecule has 0 bridgehead atoms. The van der Waals surface area contributed by atoms with Crippen molar-refractivity contribution in [2.24, 2.45) is 0 Å². The van der Waals surface area contributed by atoms with E-state index in [0.717, 1.165) is 5.69 Å². The van der Waals surface area contributed by atoms with Crippen LogP contribution in [0.3, 0.4) is 0 Å². The number of anilines is 1. The third-order valence-corrected chi connectivity index (χ3v) is 5.08. The van der Waals surface area contributed by atoms with E-state index in [9.17, 15) is 4.79 Å². The van der Waals surface area contributed by atoms with Gasteiger partial charge in [-0.25, -0.2) is 0 Å². The molecule has 27 heavy (non-hydrogen) atoms. The molecule has 1 N–H and O–H groups in total. The zero-order valence-corrected chi connectivity index (χ0v) is 17.2. The molecular formula is C17H16BrN5O3S. The summed E-state index contributed by atoms with van der Waals surface area (Å²) < 4.78 is 12.8. The van der Waals surface area contributed by atoms with Crippen LogP contribution >= 0.6 is 27.7 Å². The van der Waals surface area contributed by atoms with E-state index < -0.39 is 0 Å². The van der Waals surface area contributed by atoms with Gasteiger partial charge in [-0.2, -0.15) is 4.68 Å². The van der Waals surface area contributed by atoms with Crippen LogP contribution < -0.4 is 14.8 Å². The smallest absolute Gasteiger partial charge is 0.255 e. The summed E-state index contributed by atoms with van der Waals surface area (Å²) in [7, 11) is 3.06. The average molecular weight is 450 g/mol. The Hall–Kier alpha value is -2.59. The summed E-state index contributed by atoms with van der Waals surface area (Å²) in [6, 6.07) is 10.5. The zero-order chi connectivity index (χ0) is 19.4. The highest BCUT2D eigenvalue weighted by Gasteiger charge is 2.15. The number of carbonyl (C=O) groups excluding carboxylic acids is 1. The molecule has 3 aromatic rings. The Kier molecular flexibility index (Phi) is 5.97. The van der Waals surface area contributed by atoms with E-state index in [4.69, 9.17) is 9.47 Å². The summed E-state index contributed by atoms with van der Waals surface area (Å²) in [5, 5.41) is 15.1. The van der Waals surface area contributed by atoms with Crippen molar-refractivity contribution in [2.75, 3.05) is 25.8 Å². The monoisotopic (exact) mass is 449 g/mol. The summed E-state index contributed by atoms with van der Waals surface area (Å²) >= 11 is 4.82. The lowest BCUT2D eigenvalue weighted by atomic mass is 10.1. The van der Waals surface area contributed by atoms with Crippen LogP contribution in [0.1, 0.15) is 10.4 Å². The van der Waals surface area contributed by atoms with E-state index in [1.807, 2.05) is 18.4 Å². The molecule has 0 atom stereocenters. The van der Waals surface area contributed by atoms with Gasteiger partial charge < -0.3 is 14.8 Å². The van der Waals surface area contributed by atoms with Crippen molar-refractivity contribution in [3.8, 4) is 17.2 Å². The van der Waals surface area contributed by atoms with Crippen molar-refractivity contribution in [1.29, 1.82) is 0 Å². The van der Waals surface area contributed by atoms with E-state index >= 15 is 0 Å². The topological polar surface area (TPSA) is 91.2 Å². The second-order valence-corrected chi connectivity index (χ2v) is 6.84. The molecule has 0 saturated carbocycles. The number of ether oxygens (including phenoxy) is 2. The minimum atomic E-state index is -0.293. The van der Waals surface area contributed by atoms with Crippen LogP contribution in [0.15, 0.2) is 46.0 Å². The molecule has 1 amide bonds. The molecule has 2 aromatic carbocycles. The van der Waals surface area contributed by atoms with E-state index in [1.54, 1.807) is 28.9 Å². The van der Waals surface area contributed by atoms with E-state index in [0.29, 0.717) is 32.4 Å². The zero-order valence-electron chi connectivity index (χ0n) is 14.8. The Labute approximate surface area is 168 Å². The third-order valence-electron chi connectivity index (χ3n) is 3.68. The van der Waals surface area contributed by atoms with Crippen molar-refractivity contribution in [1.82, 2.24) is 20.2 Å². The van der Waals surface area contributed by atoms with Gasteiger partial charge in [0.05, 0.1) is 19.9 Å². The summed E-state index contributed by atoms with van der Waals surface area (Å²) in [5.74, 6) is 0.719. The normalized spacial score (nSPS) is 10.5. The predicted octanol–water partition coefficient (Wildman–Crippen LogP) is 3.42. The van der Waals surface area contributed by atoms with Crippen LogP contribution in [0.5, 0.6) is 11.5 Å². The molecule has 0 aliphatic rings. The highest BCUT2D eigenvalue weighted by atomic mass is 79.9. The fourth-order valence-electron chi connectivity index (χ4n) is 2.39. The lowest BCUT2D eigenvalue weighted by Crippen LogP contribution is -2.13. The SMILES string of the molecule is COc1cc(C(=O)Nc2cccc(-n3nnnc3SC)c2)cc(OC)c1Br. The van der Waals surface area contributed by atoms with Crippen LogP contribution in [0.2, 0.25) is 0 Å². The molecule has 0 saturated heterocycles. The Morgan fingerprint density at radius 3 is 2.52 bits per heavy atom. The molecule has 8 nitrogen and oxygen atoms in total. The first-order chi connectivity index (χ1) is 13.1. The Morgan fingerprint density at radius 2 is 1.89 bits per heavy atom. The van der Waals surface area contributed by atoms with Gasteiger partial charge in [0.15, 0.2) is 0 Å². The predicted molar refractivity (Wildman–Crippen MR) is 106 cm³/mol. The maximum atomic E-state index is 12.7. The van der Waals surface area contributed by atoms with Crippen molar-refractivity contribution >= 4 is 39.3 Å². The van der Waals surface area contributed by atoms with Gasteiger partial charge in [0, 0.05) is 11.3 Å². The molecule has 0 unspecified atom stereocenters. The molecule has 0 aliphatic carbocycles. The van der Waals surface area contributed by atoms with Gasteiger partial charge in [-0.15, -0.1) is 5.10 Å². The van der Waals surface area contributed by atoms with Crippen molar-refractivity contribution < 1.29 is 14.3 Å². The number of benzene rings is 2. The molecule has 0 fully saturated rings. The average Bonchev–Trinajstić information content (AvgIpc) is 3.17. The second kappa shape index (κ2) is 8.40. The highest BCUT2D eigenvalue weighted by molar-refractivity contribution is 9.10. The number of amides is 1. The number of hydrogen-bond acceptors (Lipinski definition) is 7.